The minimum atomic E-state index is -1.06. The molecule has 0 spiro atoms. The molecule has 110 valence electrons. The molecule has 0 heterocycles. The third kappa shape index (κ3) is 4.27. The zero-order chi connectivity index (χ0) is 15.3. The highest BCUT2D eigenvalue weighted by atomic mass is 19.1. The van der Waals surface area contributed by atoms with E-state index in [2.05, 4.69) is 10.1 Å². The molecule has 0 aliphatic rings. The van der Waals surface area contributed by atoms with E-state index >= 15 is 0 Å². The van der Waals surface area contributed by atoms with E-state index in [-0.39, 0.29) is 18.4 Å². The Morgan fingerprint density at radius 2 is 1.90 bits per heavy atom. The summed E-state index contributed by atoms with van der Waals surface area (Å²) in [5.74, 6) is -3.63. The van der Waals surface area contributed by atoms with Crippen LogP contribution in [-0.2, 0) is 14.3 Å². The Hall–Kier alpha value is -2.02. The van der Waals surface area contributed by atoms with Crippen LogP contribution in [0.25, 0.3) is 0 Å². The summed E-state index contributed by atoms with van der Waals surface area (Å²) in [5.41, 5.74) is -0.780. The number of hydrogen-bond donors (Lipinski definition) is 1. The Morgan fingerprint density at radius 3 is 2.45 bits per heavy atom. The Kier molecular flexibility index (Phi) is 5.57. The fourth-order valence-corrected chi connectivity index (χ4v) is 1.34. The first-order valence-corrected chi connectivity index (χ1v) is 5.84. The van der Waals surface area contributed by atoms with Gasteiger partial charge < -0.3 is 14.8 Å². The predicted octanol–water partition coefficient (Wildman–Crippen LogP) is 2.11. The Morgan fingerprint density at radius 1 is 1.25 bits per heavy atom. The van der Waals surface area contributed by atoms with Crippen LogP contribution in [0.4, 0.5) is 14.5 Å². The van der Waals surface area contributed by atoms with Crippen LogP contribution in [-0.4, -0.2) is 31.7 Å². The number of ether oxygens (including phenoxy) is 2. The van der Waals surface area contributed by atoms with Gasteiger partial charge >= 0.3 is 5.97 Å². The minimum Gasteiger partial charge on any atom is -0.465 e. The van der Waals surface area contributed by atoms with Crippen LogP contribution in [0.1, 0.15) is 24.2 Å². The second-order valence-corrected chi connectivity index (χ2v) is 4.21. The lowest BCUT2D eigenvalue weighted by molar-refractivity contribution is -0.121. The van der Waals surface area contributed by atoms with Crippen molar-refractivity contribution in [1.29, 1.82) is 0 Å². The van der Waals surface area contributed by atoms with E-state index in [0.717, 1.165) is 13.2 Å². The van der Waals surface area contributed by atoms with Gasteiger partial charge in [0.25, 0.3) is 0 Å². The molecule has 0 unspecified atom stereocenters. The second kappa shape index (κ2) is 6.95. The number of hydrogen-bond acceptors (Lipinski definition) is 4. The molecule has 5 nitrogen and oxygen atoms in total. The van der Waals surface area contributed by atoms with E-state index in [1.54, 1.807) is 13.8 Å². The average molecular weight is 287 g/mol. The third-order valence-electron chi connectivity index (χ3n) is 2.28. The van der Waals surface area contributed by atoms with Gasteiger partial charge in [0.05, 0.1) is 24.5 Å². The number of benzene rings is 1. The van der Waals surface area contributed by atoms with Crippen molar-refractivity contribution in [3.63, 3.8) is 0 Å². The SMILES string of the molecule is COC(=O)c1cc(NC(=O)COC(C)C)c(F)cc1F. The van der Waals surface area contributed by atoms with Crippen LogP contribution >= 0.6 is 0 Å². The fraction of sp³-hybridized carbons (Fsp3) is 0.385. The Balaban J connectivity index is 2.89. The summed E-state index contributed by atoms with van der Waals surface area (Å²) >= 11 is 0. The molecule has 0 aliphatic heterocycles. The molecule has 0 fully saturated rings. The summed E-state index contributed by atoms with van der Waals surface area (Å²) in [6.45, 7) is 3.20. The molecule has 0 aliphatic carbocycles. The van der Waals surface area contributed by atoms with Gasteiger partial charge in [-0.2, -0.15) is 0 Å². The molecule has 1 aromatic carbocycles. The maximum Gasteiger partial charge on any atom is 0.340 e. The normalized spacial score (nSPS) is 10.5. The molecule has 0 saturated carbocycles. The van der Waals surface area contributed by atoms with Gasteiger partial charge in [-0.25, -0.2) is 13.6 Å². The standard InChI is InChI=1S/C13H15F2NO4/c1-7(2)20-6-12(17)16-11-4-8(13(18)19-3)9(14)5-10(11)15/h4-5,7H,6H2,1-3H3,(H,16,17). The van der Waals surface area contributed by atoms with Crippen LogP contribution in [0.2, 0.25) is 0 Å². The van der Waals surface area contributed by atoms with Crippen LogP contribution in [0.5, 0.6) is 0 Å². The van der Waals surface area contributed by atoms with Crippen LogP contribution < -0.4 is 5.32 Å². The van der Waals surface area contributed by atoms with E-state index in [4.69, 9.17) is 4.74 Å². The first kappa shape index (κ1) is 16.0. The average Bonchev–Trinajstić information content (AvgIpc) is 2.38. The lowest BCUT2D eigenvalue weighted by atomic mass is 10.1. The molecule has 0 bridgehead atoms. The highest BCUT2D eigenvalue weighted by Gasteiger charge is 2.17. The number of rotatable bonds is 5. The van der Waals surface area contributed by atoms with Crippen molar-refractivity contribution in [2.24, 2.45) is 0 Å². The smallest absolute Gasteiger partial charge is 0.340 e. The van der Waals surface area contributed by atoms with Gasteiger partial charge in [0.2, 0.25) is 5.91 Å². The second-order valence-electron chi connectivity index (χ2n) is 4.21. The maximum absolute atomic E-state index is 13.5. The van der Waals surface area contributed by atoms with E-state index in [0.29, 0.717) is 6.07 Å². The molecule has 1 amide bonds. The number of carbonyl (C=O) groups excluding carboxylic acids is 2. The van der Waals surface area contributed by atoms with E-state index in [9.17, 15) is 18.4 Å². The Labute approximate surface area is 114 Å². The van der Waals surface area contributed by atoms with Crippen molar-refractivity contribution >= 4 is 17.6 Å². The molecule has 20 heavy (non-hydrogen) atoms. The lowest BCUT2D eigenvalue weighted by Gasteiger charge is -2.10. The minimum absolute atomic E-state index is 0.163. The summed E-state index contributed by atoms with van der Waals surface area (Å²) in [5, 5.41) is 2.20. The highest BCUT2D eigenvalue weighted by molar-refractivity contribution is 5.95. The van der Waals surface area contributed by atoms with Crippen molar-refractivity contribution in [2.45, 2.75) is 20.0 Å². The van der Waals surface area contributed by atoms with E-state index < -0.39 is 29.1 Å². The summed E-state index contributed by atoms with van der Waals surface area (Å²) in [6.07, 6.45) is -0.163. The largest absolute Gasteiger partial charge is 0.465 e. The summed E-state index contributed by atoms with van der Waals surface area (Å²) in [4.78, 5) is 22.8. The summed E-state index contributed by atoms with van der Waals surface area (Å²) < 4.78 is 36.3. The monoisotopic (exact) mass is 287 g/mol. The van der Waals surface area contributed by atoms with Gasteiger partial charge in [-0.05, 0) is 19.9 Å². The van der Waals surface area contributed by atoms with Crippen molar-refractivity contribution < 1.29 is 27.8 Å². The third-order valence-corrected chi connectivity index (χ3v) is 2.28. The fourth-order valence-electron chi connectivity index (χ4n) is 1.34. The van der Waals surface area contributed by atoms with Crippen LogP contribution in [0.15, 0.2) is 12.1 Å². The lowest BCUT2D eigenvalue weighted by Crippen LogP contribution is -2.21. The number of amides is 1. The topological polar surface area (TPSA) is 64.6 Å². The van der Waals surface area contributed by atoms with Gasteiger partial charge in [0.1, 0.15) is 18.2 Å². The molecule has 7 heteroatoms. The number of nitrogens with one attached hydrogen (secondary N) is 1. The van der Waals surface area contributed by atoms with Gasteiger partial charge in [0, 0.05) is 6.07 Å². The van der Waals surface area contributed by atoms with E-state index in [1.807, 2.05) is 0 Å². The van der Waals surface area contributed by atoms with Gasteiger partial charge in [0.15, 0.2) is 0 Å². The first-order valence-electron chi connectivity index (χ1n) is 5.84. The number of carbonyl (C=O) groups is 2. The molecule has 0 radical (unpaired) electrons. The summed E-state index contributed by atoms with van der Waals surface area (Å²) in [6, 6.07) is 1.38. The quantitative estimate of drug-likeness (QED) is 0.842. The zero-order valence-corrected chi connectivity index (χ0v) is 11.3. The molecular formula is C13H15F2NO4. The van der Waals surface area contributed by atoms with Gasteiger partial charge in [-0.15, -0.1) is 0 Å². The molecule has 0 atom stereocenters. The van der Waals surface area contributed by atoms with Crippen molar-refractivity contribution in [1.82, 2.24) is 0 Å². The number of methoxy groups -OCH3 is 1. The zero-order valence-electron chi connectivity index (χ0n) is 11.3. The van der Waals surface area contributed by atoms with Crippen LogP contribution in [0.3, 0.4) is 0 Å². The van der Waals surface area contributed by atoms with Crippen molar-refractivity contribution in [2.75, 3.05) is 19.0 Å². The maximum atomic E-state index is 13.5. The summed E-state index contributed by atoms with van der Waals surface area (Å²) in [7, 11) is 1.07. The molecule has 1 N–H and O–H groups in total. The van der Waals surface area contributed by atoms with Crippen LogP contribution in [0, 0.1) is 11.6 Å². The first-order chi connectivity index (χ1) is 9.35. The molecular weight excluding hydrogens is 272 g/mol. The van der Waals surface area contributed by atoms with Crippen molar-refractivity contribution in [3.8, 4) is 0 Å². The number of halogens is 2. The van der Waals surface area contributed by atoms with Gasteiger partial charge in [-0.1, -0.05) is 0 Å². The predicted molar refractivity (Wildman–Crippen MR) is 67.4 cm³/mol. The molecule has 1 rings (SSSR count). The Bertz CT molecular complexity index is 517. The number of esters is 1. The molecule has 0 saturated heterocycles. The highest BCUT2D eigenvalue weighted by Crippen LogP contribution is 2.20. The molecule has 0 aromatic heterocycles. The van der Waals surface area contributed by atoms with Crippen molar-refractivity contribution in [3.05, 3.63) is 29.3 Å². The van der Waals surface area contributed by atoms with E-state index in [1.165, 1.54) is 0 Å². The van der Waals surface area contributed by atoms with Gasteiger partial charge in [-0.3, -0.25) is 4.79 Å². The molecule has 1 aromatic rings. The number of anilines is 1.